The summed E-state index contributed by atoms with van der Waals surface area (Å²) < 4.78 is 13.3. The minimum absolute atomic E-state index is 0.0290. The first kappa shape index (κ1) is 34.1. The molecule has 2 aliphatic heterocycles. The number of ether oxygens (including phenoxy) is 2. The van der Waals surface area contributed by atoms with E-state index in [1.54, 1.807) is 18.0 Å². The number of benzene rings is 2. The van der Waals surface area contributed by atoms with Crippen LogP contribution in [0.4, 0.5) is 5.69 Å². The lowest BCUT2D eigenvalue weighted by molar-refractivity contribution is -0.138. The number of anilines is 1. The number of carbonyl (C=O) groups is 2. The van der Waals surface area contributed by atoms with Crippen LogP contribution in [0.25, 0.3) is 39.1 Å². The number of hydrogen-bond acceptors (Lipinski definition) is 9. The number of nitrogens with zero attached hydrogens (tertiary/aromatic N) is 7. The van der Waals surface area contributed by atoms with E-state index in [0.717, 1.165) is 45.5 Å². The van der Waals surface area contributed by atoms with Gasteiger partial charge in [-0.1, -0.05) is 30.3 Å². The van der Waals surface area contributed by atoms with Gasteiger partial charge in [0.15, 0.2) is 11.4 Å². The average molecular weight is 690 g/mol. The van der Waals surface area contributed by atoms with Crippen molar-refractivity contribution in [1.29, 1.82) is 0 Å². The number of pyridine rings is 1. The van der Waals surface area contributed by atoms with Crippen molar-refractivity contribution < 1.29 is 19.1 Å². The zero-order valence-electron chi connectivity index (χ0n) is 29.6. The molecule has 7 rings (SSSR count). The Bertz CT molecular complexity index is 2070. The number of methoxy groups -OCH3 is 1. The summed E-state index contributed by atoms with van der Waals surface area (Å²) in [5.41, 5.74) is 5.28. The summed E-state index contributed by atoms with van der Waals surface area (Å²) in [6.07, 6.45) is 5.14. The highest BCUT2D eigenvalue weighted by Gasteiger charge is 2.45. The minimum atomic E-state index is -1.07. The van der Waals surface area contributed by atoms with Crippen molar-refractivity contribution in [2.24, 2.45) is 7.05 Å². The van der Waals surface area contributed by atoms with Crippen LogP contribution in [0.2, 0.25) is 0 Å². The number of aromatic nitrogens is 6. The van der Waals surface area contributed by atoms with Crippen LogP contribution in [-0.2, 0) is 21.4 Å². The number of hydrogen-bond donors (Lipinski definition) is 2. The van der Waals surface area contributed by atoms with Crippen molar-refractivity contribution in [3.8, 4) is 28.5 Å². The highest BCUT2D eigenvalue weighted by Crippen LogP contribution is 2.32. The van der Waals surface area contributed by atoms with E-state index in [0.29, 0.717) is 50.0 Å². The molecule has 0 bridgehead atoms. The molecule has 5 heterocycles. The number of amides is 2. The third kappa shape index (κ3) is 7.12. The van der Waals surface area contributed by atoms with E-state index in [2.05, 4.69) is 48.8 Å². The molecule has 13 nitrogen and oxygen atoms in total. The van der Waals surface area contributed by atoms with Gasteiger partial charge in [-0.3, -0.25) is 24.3 Å². The first-order valence-electron chi connectivity index (χ1n) is 17.3. The number of H-pyrrole nitrogens is 1. The maximum Gasteiger partial charge on any atom is 0.258 e. The molecule has 13 heteroatoms. The lowest BCUT2D eigenvalue weighted by atomic mass is 9.98. The monoisotopic (exact) mass is 689 g/mol. The van der Waals surface area contributed by atoms with Gasteiger partial charge in [-0.05, 0) is 69.0 Å². The molecule has 2 amide bonds. The lowest BCUT2D eigenvalue weighted by Crippen LogP contribution is -2.48. The van der Waals surface area contributed by atoms with Gasteiger partial charge in [0.05, 0.1) is 18.2 Å². The Kier molecular flexibility index (Phi) is 9.40. The van der Waals surface area contributed by atoms with Gasteiger partial charge in [0.2, 0.25) is 11.8 Å². The van der Waals surface area contributed by atoms with Crippen LogP contribution in [-0.4, -0.2) is 103 Å². The number of likely N-dealkylation sites (tertiary alicyclic amines) is 1. The van der Waals surface area contributed by atoms with E-state index in [4.69, 9.17) is 9.47 Å². The quantitative estimate of drug-likeness (QED) is 0.210. The van der Waals surface area contributed by atoms with Crippen molar-refractivity contribution in [3.05, 3.63) is 78.3 Å². The van der Waals surface area contributed by atoms with Gasteiger partial charge in [-0.2, -0.15) is 10.2 Å². The summed E-state index contributed by atoms with van der Waals surface area (Å²) in [5, 5.41) is 15.9. The van der Waals surface area contributed by atoms with Crippen molar-refractivity contribution in [2.45, 2.75) is 45.3 Å². The Balaban J connectivity index is 0.953. The van der Waals surface area contributed by atoms with Crippen molar-refractivity contribution in [2.75, 3.05) is 45.2 Å². The molecule has 5 aromatic rings. The van der Waals surface area contributed by atoms with Gasteiger partial charge in [-0.15, -0.1) is 0 Å². The van der Waals surface area contributed by atoms with E-state index >= 15 is 0 Å². The molecule has 1 saturated heterocycles. The molecule has 2 N–H and O–H groups in total. The molecular weight excluding hydrogens is 646 g/mol. The smallest absolute Gasteiger partial charge is 0.258 e. The normalized spacial score (nSPS) is 18.0. The SMILES string of the molecule is COC1(C(=O)Nc2ccc3[nH]nc(-c4ccc(OC(C)C)nc4)c3c2)CCN(CC(=O)N2CC=C(c3ccc(-c4nc(C)n(C)n4)cc3)CC2)C1. The van der Waals surface area contributed by atoms with Crippen LogP contribution in [0, 0.1) is 6.92 Å². The Morgan fingerprint density at radius 2 is 1.82 bits per heavy atom. The standard InChI is InChI=1S/C38H43N9O4/c1-24(2)51-33-13-10-29(21-39-33)35-31-20-30(11-12-32(31)42-43-35)41-37(49)38(50-5)16-19-46(23-38)22-34(48)47-17-14-27(15-18-47)26-6-8-28(9-7-26)36-40-25(3)45(4)44-36/h6-14,20-21,24H,15-19,22-23H2,1-5H3,(H,41,49)(H,42,43). The summed E-state index contributed by atoms with van der Waals surface area (Å²) in [7, 11) is 3.44. The number of aromatic amines is 1. The second-order valence-electron chi connectivity index (χ2n) is 13.5. The van der Waals surface area contributed by atoms with E-state index in [1.807, 2.05) is 80.1 Å². The molecule has 1 fully saturated rings. The number of rotatable bonds is 10. The second kappa shape index (κ2) is 14.1. The first-order chi connectivity index (χ1) is 24.6. The number of nitrogens with one attached hydrogen (secondary N) is 2. The van der Waals surface area contributed by atoms with Gasteiger partial charge in [-0.25, -0.2) is 9.97 Å². The average Bonchev–Trinajstić information content (AvgIpc) is 3.85. The second-order valence-corrected chi connectivity index (χ2v) is 13.5. The van der Waals surface area contributed by atoms with Crippen LogP contribution in [0.15, 0.2) is 66.9 Å². The van der Waals surface area contributed by atoms with Crippen molar-refractivity contribution in [1.82, 2.24) is 39.7 Å². The third-order valence-corrected chi connectivity index (χ3v) is 9.72. The first-order valence-corrected chi connectivity index (χ1v) is 17.3. The van der Waals surface area contributed by atoms with Crippen LogP contribution >= 0.6 is 0 Å². The molecule has 1 unspecified atom stereocenters. The fourth-order valence-electron chi connectivity index (χ4n) is 6.69. The predicted octanol–water partition coefficient (Wildman–Crippen LogP) is 4.86. The Hall–Kier alpha value is -5.40. The fraction of sp³-hybridized carbons (Fsp3) is 0.368. The molecule has 0 radical (unpaired) electrons. The largest absolute Gasteiger partial charge is 0.475 e. The Labute approximate surface area is 296 Å². The number of aryl methyl sites for hydroxylation is 2. The van der Waals surface area contributed by atoms with Crippen LogP contribution < -0.4 is 10.1 Å². The minimum Gasteiger partial charge on any atom is -0.475 e. The molecule has 0 saturated carbocycles. The van der Waals surface area contributed by atoms with E-state index in [-0.39, 0.29) is 24.5 Å². The molecule has 51 heavy (non-hydrogen) atoms. The molecule has 264 valence electrons. The molecule has 1 atom stereocenters. The molecule has 0 aliphatic carbocycles. The summed E-state index contributed by atoms with van der Waals surface area (Å²) >= 11 is 0. The van der Waals surface area contributed by atoms with Crippen LogP contribution in [0.5, 0.6) is 5.88 Å². The maximum absolute atomic E-state index is 13.7. The lowest BCUT2D eigenvalue weighted by Gasteiger charge is -2.30. The van der Waals surface area contributed by atoms with E-state index in [9.17, 15) is 9.59 Å². The Morgan fingerprint density at radius 3 is 2.49 bits per heavy atom. The third-order valence-electron chi connectivity index (χ3n) is 9.72. The summed E-state index contributed by atoms with van der Waals surface area (Å²) in [6, 6.07) is 17.6. The highest BCUT2D eigenvalue weighted by atomic mass is 16.5. The van der Waals surface area contributed by atoms with Crippen molar-refractivity contribution in [3.63, 3.8) is 0 Å². The summed E-state index contributed by atoms with van der Waals surface area (Å²) in [6.45, 7) is 8.16. The van der Waals surface area contributed by atoms with Gasteiger partial charge in [0, 0.05) is 74.8 Å². The molecule has 2 aromatic carbocycles. The van der Waals surface area contributed by atoms with E-state index in [1.165, 1.54) is 5.57 Å². The highest BCUT2D eigenvalue weighted by molar-refractivity contribution is 6.01. The maximum atomic E-state index is 13.7. The molecule has 2 aliphatic rings. The predicted molar refractivity (Wildman–Crippen MR) is 195 cm³/mol. The van der Waals surface area contributed by atoms with Crippen molar-refractivity contribution >= 4 is 34.0 Å². The zero-order valence-corrected chi connectivity index (χ0v) is 29.6. The van der Waals surface area contributed by atoms with Gasteiger partial charge in [0.1, 0.15) is 11.5 Å². The molecule has 0 spiro atoms. The van der Waals surface area contributed by atoms with E-state index < -0.39 is 5.60 Å². The van der Waals surface area contributed by atoms with Crippen LogP contribution in [0.1, 0.15) is 38.1 Å². The number of carbonyl (C=O) groups excluding carboxylic acids is 2. The zero-order chi connectivity index (χ0) is 35.7. The number of fused-ring (bicyclic) bond motifs is 1. The summed E-state index contributed by atoms with van der Waals surface area (Å²) in [5.74, 6) is 1.93. The topological polar surface area (TPSA) is 143 Å². The van der Waals surface area contributed by atoms with Gasteiger partial charge >= 0.3 is 0 Å². The summed E-state index contributed by atoms with van der Waals surface area (Å²) in [4.78, 5) is 39.9. The Morgan fingerprint density at radius 1 is 1.04 bits per heavy atom. The molecular formula is C38H43N9O4. The van der Waals surface area contributed by atoms with Gasteiger partial charge < -0.3 is 19.7 Å². The fourth-order valence-corrected chi connectivity index (χ4v) is 6.69. The van der Waals surface area contributed by atoms with Crippen LogP contribution in [0.3, 0.4) is 0 Å². The molecule has 3 aromatic heterocycles. The van der Waals surface area contributed by atoms with Gasteiger partial charge in [0.25, 0.3) is 5.91 Å².